The number of carboxylic acid groups (broad SMARTS) is 2. The van der Waals surface area contributed by atoms with Crippen molar-refractivity contribution in [3.8, 4) is 0 Å². The molecule has 0 saturated carbocycles. The Balaban J connectivity index is 0.000000767. The molecule has 12 heteroatoms. The Hall–Kier alpha value is -4.08. The van der Waals surface area contributed by atoms with Crippen LogP contribution in [0.5, 0.6) is 0 Å². The van der Waals surface area contributed by atoms with E-state index in [1.807, 2.05) is 26.0 Å². The van der Waals surface area contributed by atoms with Gasteiger partial charge in [0.15, 0.2) is 5.78 Å². The van der Waals surface area contributed by atoms with Crippen molar-refractivity contribution in [3.05, 3.63) is 81.5 Å². The normalized spacial score (nSPS) is 22.1. The summed E-state index contributed by atoms with van der Waals surface area (Å²) in [4.78, 5) is 54.1. The van der Waals surface area contributed by atoms with Crippen LogP contribution in [-0.4, -0.2) is 72.5 Å². The standard InChI is InChI=1S/C13H20O2.2C11H16O2.C9H14O.C7H15O4P/c1-5-15-12(14)7-11-6-10(2)8-13(3,4)9-11;2*1-8-4-9(5-10(12)13)7-11(2,3)6-8;1-7-4-8(10)6-9(2,3)5-7;1-4-10-7(8)6-12(3,9)11-5-2/h6-7H,5,8-9H2,1-4H3;2*4-5H,6-7H2,1-3H3,(H,12,13);4H,5-6H2,1-3H3;4-6H2,1-3H3/b11-7+;2*9-5+;;. The number of allylic oxidation sites excluding steroid dienone is 11. The molecular weight excluding hydrogens is 820 g/mol. The minimum atomic E-state index is -2.75. The van der Waals surface area contributed by atoms with E-state index in [2.05, 4.69) is 87.0 Å². The number of carbonyl (C=O) groups is 5. The number of esters is 2. The molecule has 0 radical (unpaired) electrons. The van der Waals surface area contributed by atoms with E-state index < -0.39 is 25.3 Å². The third kappa shape index (κ3) is 29.1. The van der Waals surface area contributed by atoms with Crippen molar-refractivity contribution in [2.45, 2.75) is 155 Å². The summed E-state index contributed by atoms with van der Waals surface area (Å²) in [6.45, 7) is 33.4. The highest BCUT2D eigenvalue weighted by atomic mass is 31.2. The lowest BCUT2D eigenvalue weighted by Crippen LogP contribution is -2.20. The van der Waals surface area contributed by atoms with Crippen molar-refractivity contribution in [3.63, 3.8) is 0 Å². The van der Waals surface area contributed by atoms with Crippen molar-refractivity contribution in [1.82, 2.24) is 0 Å². The molecular formula is C51H81O11P. The van der Waals surface area contributed by atoms with Gasteiger partial charge >= 0.3 is 23.9 Å². The quantitative estimate of drug-likeness (QED) is 0.128. The summed E-state index contributed by atoms with van der Waals surface area (Å²) in [7, 11) is -2.75. The summed E-state index contributed by atoms with van der Waals surface area (Å²) in [5.41, 5.74) is 8.92. The van der Waals surface area contributed by atoms with Gasteiger partial charge in [-0.3, -0.25) is 14.2 Å². The van der Waals surface area contributed by atoms with Gasteiger partial charge in [0.25, 0.3) is 0 Å². The first-order valence-electron chi connectivity index (χ1n) is 22.0. The van der Waals surface area contributed by atoms with Crippen LogP contribution in [0.3, 0.4) is 0 Å². The highest BCUT2D eigenvalue weighted by Gasteiger charge is 2.27. The van der Waals surface area contributed by atoms with Crippen molar-refractivity contribution in [2.75, 3.05) is 32.6 Å². The average Bonchev–Trinajstić information content (AvgIpc) is 3.01. The van der Waals surface area contributed by atoms with Crippen LogP contribution in [0.4, 0.5) is 0 Å². The molecule has 2 N–H and O–H groups in total. The highest BCUT2D eigenvalue weighted by Crippen LogP contribution is 2.42. The lowest BCUT2D eigenvalue weighted by Gasteiger charge is -2.30. The van der Waals surface area contributed by atoms with Gasteiger partial charge in [0.2, 0.25) is 7.37 Å². The Morgan fingerprint density at radius 1 is 0.556 bits per heavy atom. The van der Waals surface area contributed by atoms with E-state index in [-0.39, 0.29) is 39.6 Å². The van der Waals surface area contributed by atoms with E-state index in [1.165, 1.54) is 41.1 Å². The number of carbonyl (C=O) groups excluding carboxylic acids is 3. The number of aliphatic carboxylic acids is 2. The van der Waals surface area contributed by atoms with Gasteiger partial charge in [-0.05, 0) is 138 Å². The Bertz CT molecular complexity index is 1820. The first-order valence-corrected chi connectivity index (χ1v) is 24.3. The number of ether oxygens (including phenoxy) is 2. The van der Waals surface area contributed by atoms with E-state index in [4.69, 9.17) is 19.5 Å². The summed E-state index contributed by atoms with van der Waals surface area (Å²) in [5, 5.41) is 17.2. The number of hydrogen-bond donors (Lipinski definition) is 2. The van der Waals surface area contributed by atoms with Crippen LogP contribution in [0, 0.1) is 21.7 Å². The van der Waals surface area contributed by atoms with Gasteiger partial charge in [0, 0.05) is 31.3 Å². The molecule has 4 aliphatic rings. The summed E-state index contributed by atoms with van der Waals surface area (Å²) in [5.74, 6) is -2.10. The Labute approximate surface area is 379 Å². The topological polar surface area (TPSA) is 171 Å². The summed E-state index contributed by atoms with van der Waals surface area (Å²) in [6.07, 6.45) is 19.6. The lowest BCUT2D eigenvalue weighted by molar-refractivity contribution is -0.140. The first-order chi connectivity index (χ1) is 28.7. The zero-order valence-electron chi connectivity index (χ0n) is 41.5. The van der Waals surface area contributed by atoms with E-state index in [1.54, 1.807) is 26.0 Å². The third-order valence-electron chi connectivity index (χ3n) is 9.76. The van der Waals surface area contributed by atoms with E-state index in [9.17, 15) is 28.5 Å². The van der Waals surface area contributed by atoms with Gasteiger partial charge in [-0.1, -0.05) is 95.9 Å². The molecule has 0 aromatic heterocycles. The number of ketones is 1. The molecule has 63 heavy (non-hydrogen) atoms. The number of hydrogen-bond acceptors (Lipinski definition) is 9. The van der Waals surface area contributed by atoms with Gasteiger partial charge < -0.3 is 24.2 Å². The molecule has 11 nitrogen and oxygen atoms in total. The van der Waals surface area contributed by atoms with E-state index >= 15 is 0 Å². The third-order valence-corrected chi connectivity index (χ3v) is 11.4. The molecule has 1 unspecified atom stereocenters. The largest absolute Gasteiger partial charge is 0.478 e. The monoisotopic (exact) mass is 901 g/mol. The molecule has 4 rings (SSSR count). The van der Waals surface area contributed by atoms with Crippen molar-refractivity contribution in [2.24, 2.45) is 21.7 Å². The maximum Gasteiger partial charge on any atom is 0.331 e. The van der Waals surface area contributed by atoms with Crippen molar-refractivity contribution < 1.29 is 52.7 Å². The molecule has 4 aliphatic carbocycles. The molecule has 0 aromatic rings. The highest BCUT2D eigenvalue weighted by molar-refractivity contribution is 7.59. The molecule has 0 aromatic carbocycles. The van der Waals surface area contributed by atoms with Gasteiger partial charge in [0.05, 0.1) is 19.8 Å². The Kier molecular flexibility index (Phi) is 24.9. The molecule has 1 atom stereocenters. The van der Waals surface area contributed by atoms with Crippen molar-refractivity contribution in [1.29, 1.82) is 0 Å². The zero-order valence-corrected chi connectivity index (χ0v) is 42.4. The Morgan fingerprint density at radius 3 is 1.17 bits per heavy atom. The second kappa shape index (κ2) is 26.6. The van der Waals surface area contributed by atoms with Crippen LogP contribution in [0.1, 0.15) is 155 Å². The van der Waals surface area contributed by atoms with Crippen LogP contribution < -0.4 is 0 Å². The summed E-state index contributed by atoms with van der Waals surface area (Å²) in [6, 6.07) is 0. The minimum Gasteiger partial charge on any atom is -0.478 e. The average molecular weight is 901 g/mol. The fraction of sp³-hybridized carbons (Fsp3) is 0.627. The smallest absolute Gasteiger partial charge is 0.331 e. The van der Waals surface area contributed by atoms with Gasteiger partial charge in [-0.25, -0.2) is 14.4 Å². The molecule has 0 fully saturated rings. The summed E-state index contributed by atoms with van der Waals surface area (Å²) >= 11 is 0. The van der Waals surface area contributed by atoms with Gasteiger partial charge in [0.1, 0.15) is 6.16 Å². The fourth-order valence-electron chi connectivity index (χ4n) is 8.72. The maximum absolute atomic E-state index is 11.4. The van der Waals surface area contributed by atoms with E-state index in [0.29, 0.717) is 26.2 Å². The predicted octanol–water partition coefficient (Wildman–Crippen LogP) is 12.6. The molecule has 0 amide bonds. The molecule has 0 heterocycles. The number of rotatable bonds is 9. The SMILES string of the molecule is CC1=C/C(=C\C(=O)O)CC(C)(C)C1.CC1=C/C(=C\C(=O)O)CC(C)(C)C1.CC1=CC(=O)CC(C)(C)C1.CCOC(=O)/C=C1\C=C(C)CC(C)(C)C1.CCOC(=O)CP(C)(=O)OCC. The maximum atomic E-state index is 11.4. The molecule has 0 aliphatic heterocycles. The zero-order chi connectivity index (χ0) is 49.0. The van der Waals surface area contributed by atoms with Gasteiger partial charge in [-0.15, -0.1) is 0 Å². The fourth-order valence-corrected chi connectivity index (χ4v) is 9.92. The van der Waals surface area contributed by atoms with Crippen LogP contribution >= 0.6 is 7.37 Å². The summed E-state index contributed by atoms with van der Waals surface area (Å²) < 4.78 is 25.8. The van der Waals surface area contributed by atoms with Crippen molar-refractivity contribution >= 4 is 37.0 Å². The van der Waals surface area contributed by atoms with Crippen LogP contribution in [0.25, 0.3) is 0 Å². The minimum absolute atomic E-state index is 0.130. The molecule has 0 bridgehead atoms. The van der Waals surface area contributed by atoms with E-state index in [0.717, 1.165) is 61.7 Å². The molecule has 356 valence electrons. The van der Waals surface area contributed by atoms with Gasteiger partial charge in [-0.2, -0.15) is 0 Å². The lowest BCUT2D eigenvalue weighted by atomic mass is 9.75. The predicted molar refractivity (Wildman–Crippen MR) is 255 cm³/mol. The second-order valence-electron chi connectivity index (χ2n) is 20.5. The number of carboxylic acids is 2. The van der Waals surface area contributed by atoms with Crippen LogP contribution in [-0.2, 0) is 42.5 Å². The molecule has 0 spiro atoms. The second-order valence-corrected chi connectivity index (χ2v) is 23.1. The molecule has 0 saturated heterocycles. The Morgan fingerprint density at radius 2 is 0.889 bits per heavy atom. The van der Waals surface area contributed by atoms with Crippen LogP contribution in [0.15, 0.2) is 81.5 Å². The van der Waals surface area contributed by atoms with Crippen LogP contribution in [0.2, 0.25) is 0 Å². The first kappa shape index (κ1) is 58.9.